The molecule has 0 aliphatic carbocycles. The first-order valence-corrected chi connectivity index (χ1v) is 6.82. The molecule has 0 heterocycles. The molecular weight excluding hydrogens is 290 g/mol. The third-order valence-corrected chi connectivity index (χ3v) is 2.60. The van der Waals surface area contributed by atoms with Gasteiger partial charge in [-0.1, -0.05) is 31.4 Å². The van der Waals surface area contributed by atoms with Crippen molar-refractivity contribution >= 4 is 28.9 Å². The van der Waals surface area contributed by atoms with Crippen molar-refractivity contribution in [3.8, 4) is 0 Å². The maximum absolute atomic E-state index is 11.1. The van der Waals surface area contributed by atoms with E-state index in [2.05, 4.69) is 29.5 Å². The zero-order valence-electron chi connectivity index (χ0n) is 12.7. The second-order valence-corrected chi connectivity index (χ2v) is 4.37. The highest BCUT2D eigenvalue weighted by molar-refractivity contribution is 5.98. The molecule has 5 heteroatoms. The third kappa shape index (κ3) is 7.29. The second kappa shape index (κ2) is 9.57. The minimum atomic E-state index is -0.481. The number of carbonyl (C=O) groups excluding carboxylic acids is 2. The zero-order chi connectivity index (χ0) is 17.1. The van der Waals surface area contributed by atoms with E-state index in [4.69, 9.17) is 0 Å². The van der Waals surface area contributed by atoms with Crippen LogP contribution in [0.15, 0.2) is 79.9 Å². The summed E-state index contributed by atoms with van der Waals surface area (Å²) in [6, 6.07) is 17.4. The van der Waals surface area contributed by atoms with Gasteiger partial charge in [0.2, 0.25) is 11.8 Å². The van der Waals surface area contributed by atoms with Crippen molar-refractivity contribution in [3.05, 3.63) is 79.9 Å². The van der Waals surface area contributed by atoms with E-state index < -0.39 is 5.91 Å². The molecule has 0 fully saturated rings. The first-order chi connectivity index (χ1) is 11.0. The Hall–Kier alpha value is -3.34. The average molecular weight is 309 g/mol. The molecule has 0 bridgehead atoms. The number of hydrogen-bond donors (Lipinski definition) is 3. The first-order valence-electron chi connectivity index (χ1n) is 6.82. The van der Waals surface area contributed by atoms with Gasteiger partial charge < -0.3 is 16.4 Å². The predicted molar refractivity (Wildman–Crippen MR) is 94.4 cm³/mol. The molecule has 4 N–H and O–H groups in total. The molecule has 0 spiro atoms. The lowest BCUT2D eigenvalue weighted by Gasteiger charge is -2.07. The molecule has 0 saturated carbocycles. The summed E-state index contributed by atoms with van der Waals surface area (Å²) in [7, 11) is 0. The number of anilines is 3. The van der Waals surface area contributed by atoms with Gasteiger partial charge in [0.1, 0.15) is 0 Å². The standard InChI is InChI=1S/C15H14N2O.C3H5NO/c1-2-15(18)17-14-10-8-13(9-11-14)16-12-6-4-3-5-7-12;1-2-3(4)5/h2-11,16H,1H2,(H,17,18);2H,1H2,(H2,4,5). The smallest absolute Gasteiger partial charge is 0.247 e. The molecule has 0 aliphatic heterocycles. The van der Waals surface area contributed by atoms with Gasteiger partial charge in [-0.2, -0.15) is 0 Å². The Labute approximate surface area is 135 Å². The highest BCUT2D eigenvalue weighted by Gasteiger charge is 1.97. The van der Waals surface area contributed by atoms with E-state index in [1.54, 1.807) is 0 Å². The maximum atomic E-state index is 11.1. The van der Waals surface area contributed by atoms with Crippen LogP contribution >= 0.6 is 0 Å². The molecule has 0 aliphatic rings. The topological polar surface area (TPSA) is 84.2 Å². The van der Waals surface area contributed by atoms with Gasteiger partial charge in [0.25, 0.3) is 0 Å². The average Bonchev–Trinajstić information content (AvgIpc) is 2.58. The molecule has 118 valence electrons. The van der Waals surface area contributed by atoms with Gasteiger partial charge in [-0.15, -0.1) is 0 Å². The van der Waals surface area contributed by atoms with E-state index in [1.807, 2.05) is 54.6 Å². The van der Waals surface area contributed by atoms with Crippen molar-refractivity contribution in [2.75, 3.05) is 10.6 Å². The molecule has 2 amide bonds. The molecule has 5 nitrogen and oxygen atoms in total. The normalized spacial score (nSPS) is 8.87. The Morgan fingerprint density at radius 1 is 0.826 bits per heavy atom. The number of amides is 2. The van der Waals surface area contributed by atoms with E-state index >= 15 is 0 Å². The van der Waals surface area contributed by atoms with E-state index in [-0.39, 0.29) is 5.91 Å². The maximum Gasteiger partial charge on any atom is 0.247 e. The Bertz CT molecular complexity index is 664. The third-order valence-electron chi connectivity index (χ3n) is 2.60. The van der Waals surface area contributed by atoms with Gasteiger partial charge >= 0.3 is 0 Å². The number of nitrogens with two attached hydrogens (primary N) is 1. The van der Waals surface area contributed by atoms with Crippen molar-refractivity contribution < 1.29 is 9.59 Å². The van der Waals surface area contributed by atoms with Gasteiger partial charge in [-0.25, -0.2) is 0 Å². The summed E-state index contributed by atoms with van der Waals surface area (Å²) < 4.78 is 0. The molecule has 23 heavy (non-hydrogen) atoms. The molecule has 2 aromatic carbocycles. The van der Waals surface area contributed by atoms with Crippen LogP contribution in [0.2, 0.25) is 0 Å². The summed E-state index contributed by atoms with van der Waals surface area (Å²) in [4.78, 5) is 20.6. The molecule has 0 saturated heterocycles. The van der Waals surface area contributed by atoms with E-state index in [0.29, 0.717) is 0 Å². The lowest BCUT2D eigenvalue weighted by atomic mass is 10.2. The monoisotopic (exact) mass is 309 g/mol. The Morgan fingerprint density at radius 3 is 1.78 bits per heavy atom. The van der Waals surface area contributed by atoms with Gasteiger partial charge in [-0.3, -0.25) is 9.59 Å². The van der Waals surface area contributed by atoms with Crippen molar-refractivity contribution in [1.82, 2.24) is 0 Å². The number of rotatable bonds is 5. The summed E-state index contributed by atoms with van der Waals surface area (Å²) in [5.74, 6) is -0.691. The number of para-hydroxylation sites is 1. The first kappa shape index (κ1) is 17.7. The Balaban J connectivity index is 0.000000463. The number of hydrogen-bond acceptors (Lipinski definition) is 3. The molecule has 0 aromatic heterocycles. The van der Waals surface area contributed by atoms with Gasteiger partial charge in [0.15, 0.2) is 0 Å². The fraction of sp³-hybridized carbons (Fsp3) is 0. The van der Waals surface area contributed by atoms with Crippen LogP contribution in [0.4, 0.5) is 17.1 Å². The SMILES string of the molecule is C=CC(=O)Nc1ccc(Nc2ccccc2)cc1.C=CC(N)=O. The van der Waals surface area contributed by atoms with Crippen molar-refractivity contribution in [2.24, 2.45) is 5.73 Å². The van der Waals surface area contributed by atoms with Crippen molar-refractivity contribution in [1.29, 1.82) is 0 Å². The van der Waals surface area contributed by atoms with Crippen LogP contribution in [0.3, 0.4) is 0 Å². The Kier molecular flexibility index (Phi) is 7.37. The lowest BCUT2D eigenvalue weighted by molar-refractivity contribution is -0.113. The van der Waals surface area contributed by atoms with Gasteiger partial charge in [0.05, 0.1) is 0 Å². The summed E-state index contributed by atoms with van der Waals surface area (Å²) in [6.45, 7) is 6.49. The highest BCUT2D eigenvalue weighted by Crippen LogP contribution is 2.18. The fourth-order valence-electron chi connectivity index (χ4n) is 1.52. The largest absolute Gasteiger partial charge is 0.366 e. The summed E-state index contributed by atoms with van der Waals surface area (Å²) in [5, 5.41) is 5.96. The molecule has 0 unspecified atom stereocenters. The Morgan fingerprint density at radius 2 is 1.30 bits per heavy atom. The minimum Gasteiger partial charge on any atom is -0.366 e. The lowest BCUT2D eigenvalue weighted by Crippen LogP contribution is -2.06. The van der Waals surface area contributed by atoms with Crippen LogP contribution < -0.4 is 16.4 Å². The molecule has 0 atom stereocenters. The zero-order valence-corrected chi connectivity index (χ0v) is 12.7. The quantitative estimate of drug-likeness (QED) is 0.741. The van der Waals surface area contributed by atoms with Gasteiger partial charge in [0, 0.05) is 17.1 Å². The van der Waals surface area contributed by atoms with E-state index in [1.165, 1.54) is 6.08 Å². The molecule has 2 aromatic rings. The van der Waals surface area contributed by atoms with Crippen LogP contribution in [0.25, 0.3) is 0 Å². The molecular formula is C18H19N3O2. The predicted octanol–water partition coefficient (Wildman–Crippen LogP) is 3.21. The van der Waals surface area contributed by atoms with Gasteiger partial charge in [-0.05, 0) is 48.6 Å². The highest BCUT2D eigenvalue weighted by atomic mass is 16.1. The summed E-state index contributed by atoms with van der Waals surface area (Å²) in [6.07, 6.45) is 2.30. The van der Waals surface area contributed by atoms with Crippen LogP contribution in [-0.4, -0.2) is 11.8 Å². The second-order valence-electron chi connectivity index (χ2n) is 4.37. The minimum absolute atomic E-state index is 0.209. The summed E-state index contributed by atoms with van der Waals surface area (Å²) >= 11 is 0. The van der Waals surface area contributed by atoms with Crippen LogP contribution in [0, 0.1) is 0 Å². The number of benzene rings is 2. The fourth-order valence-corrected chi connectivity index (χ4v) is 1.52. The van der Waals surface area contributed by atoms with Crippen LogP contribution in [-0.2, 0) is 9.59 Å². The van der Waals surface area contributed by atoms with E-state index in [9.17, 15) is 9.59 Å². The summed E-state index contributed by atoms with van der Waals surface area (Å²) in [5.41, 5.74) is 7.28. The van der Waals surface area contributed by atoms with Crippen molar-refractivity contribution in [2.45, 2.75) is 0 Å². The number of primary amides is 1. The van der Waals surface area contributed by atoms with E-state index in [0.717, 1.165) is 23.1 Å². The molecule has 2 rings (SSSR count). The van der Waals surface area contributed by atoms with Crippen molar-refractivity contribution in [3.63, 3.8) is 0 Å². The van der Waals surface area contributed by atoms with Crippen LogP contribution in [0.1, 0.15) is 0 Å². The number of nitrogens with one attached hydrogen (secondary N) is 2. The van der Waals surface area contributed by atoms with Crippen LogP contribution in [0.5, 0.6) is 0 Å². The molecule has 0 radical (unpaired) electrons. The number of carbonyl (C=O) groups is 2.